The zero-order valence-electron chi connectivity index (χ0n) is 11.2. The fourth-order valence-electron chi connectivity index (χ4n) is 1.79. The first-order valence-electron chi connectivity index (χ1n) is 6.10. The van der Waals surface area contributed by atoms with Gasteiger partial charge in [-0.2, -0.15) is 0 Å². The molecule has 2 aromatic carbocycles. The quantitative estimate of drug-likeness (QED) is 0.831. The van der Waals surface area contributed by atoms with Gasteiger partial charge in [0.15, 0.2) is 0 Å². The van der Waals surface area contributed by atoms with Crippen molar-refractivity contribution < 1.29 is 14.6 Å². The number of ether oxygens (including phenoxy) is 1. The number of methoxy groups -OCH3 is 1. The number of carbonyl (C=O) groups excluding carboxylic acids is 1. The third-order valence-corrected chi connectivity index (χ3v) is 3.40. The predicted octanol–water partition coefficient (Wildman–Crippen LogP) is 4.10. The minimum absolute atomic E-state index is 0.000234. The second kappa shape index (κ2) is 6.70. The third-order valence-electron chi connectivity index (χ3n) is 2.90. The van der Waals surface area contributed by atoms with Crippen molar-refractivity contribution in [1.29, 1.82) is 0 Å². The number of anilines is 1. The highest BCUT2D eigenvalue weighted by molar-refractivity contribution is 6.35. The van der Waals surface area contributed by atoms with Gasteiger partial charge in [0.2, 0.25) is 0 Å². The first-order chi connectivity index (χ1) is 10.0. The van der Waals surface area contributed by atoms with E-state index in [2.05, 4.69) is 10.1 Å². The lowest BCUT2D eigenvalue weighted by molar-refractivity contribution is 0.0601. The van der Waals surface area contributed by atoms with Crippen LogP contribution in [0.3, 0.4) is 0 Å². The smallest absolute Gasteiger partial charge is 0.337 e. The van der Waals surface area contributed by atoms with Crippen LogP contribution in [0, 0.1) is 0 Å². The summed E-state index contributed by atoms with van der Waals surface area (Å²) in [6.07, 6.45) is 0. The van der Waals surface area contributed by atoms with Gasteiger partial charge in [-0.1, -0.05) is 23.2 Å². The van der Waals surface area contributed by atoms with Crippen molar-refractivity contribution in [2.45, 2.75) is 6.54 Å². The molecule has 110 valence electrons. The minimum atomic E-state index is -0.388. The van der Waals surface area contributed by atoms with Crippen molar-refractivity contribution in [2.75, 3.05) is 12.4 Å². The molecule has 0 aromatic heterocycles. The maximum atomic E-state index is 11.3. The van der Waals surface area contributed by atoms with Crippen LogP contribution in [0.15, 0.2) is 36.4 Å². The number of rotatable bonds is 4. The summed E-state index contributed by atoms with van der Waals surface area (Å²) >= 11 is 11.8. The number of carbonyl (C=O) groups is 1. The van der Waals surface area contributed by atoms with Gasteiger partial charge in [0.25, 0.3) is 0 Å². The molecule has 0 unspecified atom stereocenters. The molecule has 0 saturated carbocycles. The molecule has 21 heavy (non-hydrogen) atoms. The van der Waals surface area contributed by atoms with Gasteiger partial charge in [-0.15, -0.1) is 0 Å². The Morgan fingerprint density at radius 3 is 2.52 bits per heavy atom. The van der Waals surface area contributed by atoms with Gasteiger partial charge in [-0.3, -0.25) is 0 Å². The Hall–Kier alpha value is -1.91. The Morgan fingerprint density at radius 1 is 1.24 bits per heavy atom. The van der Waals surface area contributed by atoms with Crippen LogP contribution in [-0.4, -0.2) is 18.2 Å². The first kappa shape index (κ1) is 15.5. The first-order valence-corrected chi connectivity index (χ1v) is 6.86. The molecule has 0 aliphatic heterocycles. The zero-order chi connectivity index (χ0) is 15.4. The summed E-state index contributed by atoms with van der Waals surface area (Å²) in [4.78, 5) is 11.3. The normalized spacial score (nSPS) is 10.2. The number of halogens is 2. The summed E-state index contributed by atoms with van der Waals surface area (Å²) in [6.45, 7) is 0.351. The number of benzene rings is 2. The average Bonchev–Trinajstić information content (AvgIpc) is 2.49. The number of hydrogen-bond acceptors (Lipinski definition) is 4. The van der Waals surface area contributed by atoms with Crippen LogP contribution in [0.4, 0.5) is 5.69 Å². The third kappa shape index (κ3) is 3.80. The molecule has 0 fully saturated rings. The van der Waals surface area contributed by atoms with Crippen molar-refractivity contribution in [1.82, 2.24) is 0 Å². The van der Waals surface area contributed by atoms with E-state index in [-0.39, 0.29) is 16.7 Å². The van der Waals surface area contributed by atoms with Crippen molar-refractivity contribution in [3.63, 3.8) is 0 Å². The molecule has 0 aliphatic carbocycles. The minimum Gasteiger partial charge on any atom is -0.506 e. The van der Waals surface area contributed by atoms with E-state index in [1.165, 1.54) is 13.2 Å². The highest BCUT2D eigenvalue weighted by atomic mass is 35.5. The summed E-state index contributed by atoms with van der Waals surface area (Å²) in [5.41, 5.74) is 1.85. The summed E-state index contributed by atoms with van der Waals surface area (Å²) in [5, 5.41) is 13.6. The van der Waals surface area contributed by atoms with Crippen LogP contribution in [0.2, 0.25) is 10.0 Å². The molecule has 6 heteroatoms. The lowest BCUT2D eigenvalue weighted by Crippen LogP contribution is -2.03. The highest BCUT2D eigenvalue weighted by Crippen LogP contribution is 2.31. The van der Waals surface area contributed by atoms with Gasteiger partial charge in [-0.05, 0) is 36.4 Å². The van der Waals surface area contributed by atoms with Crippen LogP contribution in [-0.2, 0) is 11.3 Å². The standard InChI is InChI=1S/C15H13Cl2NO3/c1-21-15(20)9-2-4-12(5-3-9)18-8-10-6-11(16)7-13(17)14(10)19/h2-7,18-19H,8H2,1H3. The van der Waals surface area contributed by atoms with E-state index >= 15 is 0 Å². The topological polar surface area (TPSA) is 58.6 Å². The van der Waals surface area contributed by atoms with Gasteiger partial charge in [0.05, 0.1) is 17.7 Å². The molecular formula is C15H13Cl2NO3. The number of esters is 1. The van der Waals surface area contributed by atoms with E-state index in [0.29, 0.717) is 22.7 Å². The maximum Gasteiger partial charge on any atom is 0.337 e. The lowest BCUT2D eigenvalue weighted by Gasteiger charge is -2.10. The number of hydrogen-bond donors (Lipinski definition) is 2. The summed E-state index contributed by atoms with van der Waals surface area (Å²) in [5.74, 6) is -0.388. The number of phenolic OH excluding ortho intramolecular Hbond substituents is 1. The number of phenols is 1. The SMILES string of the molecule is COC(=O)c1ccc(NCc2cc(Cl)cc(Cl)c2O)cc1. The van der Waals surface area contributed by atoms with Crippen LogP contribution in [0.5, 0.6) is 5.75 Å². The summed E-state index contributed by atoms with van der Waals surface area (Å²) in [6, 6.07) is 9.91. The molecule has 2 aromatic rings. The molecule has 2 N–H and O–H groups in total. The van der Waals surface area contributed by atoms with E-state index in [1.807, 2.05) is 0 Å². The van der Waals surface area contributed by atoms with Crippen LogP contribution in [0.25, 0.3) is 0 Å². The Labute approximate surface area is 132 Å². The van der Waals surface area contributed by atoms with E-state index in [1.54, 1.807) is 30.3 Å². The fraction of sp³-hybridized carbons (Fsp3) is 0.133. The Balaban J connectivity index is 2.08. The van der Waals surface area contributed by atoms with E-state index < -0.39 is 0 Å². The van der Waals surface area contributed by atoms with Crippen molar-refractivity contribution >= 4 is 34.9 Å². The molecule has 0 amide bonds. The molecule has 0 atom stereocenters. The fourth-order valence-corrected chi connectivity index (χ4v) is 2.33. The lowest BCUT2D eigenvalue weighted by atomic mass is 10.1. The molecule has 0 heterocycles. The van der Waals surface area contributed by atoms with Crippen LogP contribution < -0.4 is 5.32 Å². The maximum absolute atomic E-state index is 11.3. The van der Waals surface area contributed by atoms with Gasteiger partial charge in [0, 0.05) is 22.8 Å². The molecule has 0 bridgehead atoms. The van der Waals surface area contributed by atoms with E-state index in [9.17, 15) is 9.90 Å². The van der Waals surface area contributed by atoms with Crippen molar-refractivity contribution in [3.05, 3.63) is 57.6 Å². The number of nitrogens with one attached hydrogen (secondary N) is 1. The highest BCUT2D eigenvalue weighted by Gasteiger charge is 2.08. The molecule has 4 nitrogen and oxygen atoms in total. The Kier molecular flexibility index (Phi) is 4.94. The van der Waals surface area contributed by atoms with Crippen LogP contribution in [0.1, 0.15) is 15.9 Å². The van der Waals surface area contributed by atoms with Gasteiger partial charge in [-0.25, -0.2) is 4.79 Å². The monoisotopic (exact) mass is 325 g/mol. The molecule has 0 aliphatic rings. The van der Waals surface area contributed by atoms with Gasteiger partial charge >= 0.3 is 5.97 Å². The van der Waals surface area contributed by atoms with E-state index in [0.717, 1.165) is 5.69 Å². The van der Waals surface area contributed by atoms with Crippen molar-refractivity contribution in [2.24, 2.45) is 0 Å². The molecule has 0 spiro atoms. The van der Waals surface area contributed by atoms with E-state index in [4.69, 9.17) is 23.2 Å². The number of aromatic hydroxyl groups is 1. The second-order valence-electron chi connectivity index (χ2n) is 4.32. The predicted molar refractivity (Wildman–Crippen MR) is 83.2 cm³/mol. The van der Waals surface area contributed by atoms with Crippen molar-refractivity contribution in [3.8, 4) is 5.75 Å². The molecule has 2 rings (SSSR count). The Morgan fingerprint density at radius 2 is 1.90 bits per heavy atom. The molecule has 0 saturated heterocycles. The van der Waals surface area contributed by atoms with Crippen LogP contribution >= 0.6 is 23.2 Å². The summed E-state index contributed by atoms with van der Waals surface area (Å²) in [7, 11) is 1.33. The average molecular weight is 326 g/mol. The largest absolute Gasteiger partial charge is 0.506 e. The molecular weight excluding hydrogens is 313 g/mol. The molecule has 0 radical (unpaired) electrons. The second-order valence-corrected chi connectivity index (χ2v) is 5.16. The van der Waals surface area contributed by atoms with Gasteiger partial charge in [0.1, 0.15) is 5.75 Å². The Bertz CT molecular complexity index is 657. The summed E-state index contributed by atoms with van der Waals surface area (Å²) < 4.78 is 4.63. The zero-order valence-corrected chi connectivity index (χ0v) is 12.7. The van der Waals surface area contributed by atoms with Gasteiger partial charge < -0.3 is 15.2 Å².